The van der Waals surface area contributed by atoms with Crippen LogP contribution < -0.4 is 5.32 Å². The maximum absolute atomic E-state index is 12.9. The third kappa shape index (κ3) is 3.24. The van der Waals surface area contributed by atoms with Crippen molar-refractivity contribution in [3.63, 3.8) is 0 Å². The van der Waals surface area contributed by atoms with Crippen LogP contribution in [0.25, 0.3) is 0 Å². The number of nitrogens with zero attached hydrogens (tertiary/aromatic N) is 1. The van der Waals surface area contributed by atoms with Gasteiger partial charge in [-0.25, -0.2) is 0 Å². The van der Waals surface area contributed by atoms with E-state index in [1.165, 1.54) is 5.56 Å². The fourth-order valence-electron chi connectivity index (χ4n) is 3.26. The summed E-state index contributed by atoms with van der Waals surface area (Å²) in [6, 6.07) is 7.21. The van der Waals surface area contributed by atoms with Gasteiger partial charge in [0.15, 0.2) is 0 Å². The topological polar surface area (TPSA) is 69.6 Å². The first-order valence-corrected chi connectivity index (χ1v) is 8.35. The first kappa shape index (κ1) is 16.0. The maximum atomic E-state index is 12.9. The van der Waals surface area contributed by atoms with Crippen molar-refractivity contribution in [2.24, 2.45) is 5.92 Å². The Bertz CT molecular complexity index is 610. The van der Waals surface area contributed by atoms with Gasteiger partial charge in [0, 0.05) is 12.5 Å². The van der Waals surface area contributed by atoms with E-state index in [-0.39, 0.29) is 23.8 Å². The minimum absolute atomic E-state index is 0.0172. The first-order chi connectivity index (χ1) is 11.0. The lowest BCUT2D eigenvalue weighted by atomic mass is 9.92. The molecular formula is C18H24N2O3. The molecule has 1 aliphatic heterocycles. The summed E-state index contributed by atoms with van der Waals surface area (Å²) >= 11 is 0. The minimum Gasteiger partial charge on any atom is -0.391 e. The summed E-state index contributed by atoms with van der Waals surface area (Å²) in [4.78, 5) is 26.7. The van der Waals surface area contributed by atoms with Crippen LogP contribution in [0.4, 0.5) is 0 Å². The van der Waals surface area contributed by atoms with Crippen LogP contribution >= 0.6 is 0 Å². The highest BCUT2D eigenvalue weighted by Crippen LogP contribution is 2.31. The smallest absolute Gasteiger partial charge is 0.248 e. The van der Waals surface area contributed by atoms with Crippen molar-refractivity contribution in [1.29, 1.82) is 0 Å². The van der Waals surface area contributed by atoms with Crippen molar-refractivity contribution < 1.29 is 14.7 Å². The average Bonchev–Trinajstić information content (AvgIpc) is 3.37. The highest BCUT2D eigenvalue weighted by atomic mass is 16.3. The second-order valence-electron chi connectivity index (χ2n) is 6.66. The molecule has 0 radical (unpaired) electrons. The van der Waals surface area contributed by atoms with Crippen LogP contribution in [-0.4, -0.2) is 40.5 Å². The highest BCUT2D eigenvalue weighted by molar-refractivity contribution is 5.90. The summed E-state index contributed by atoms with van der Waals surface area (Å²) < 4.78 is 0. The van der Waals surface area contributed by atoms with E-state index in [2.05, 4.69) is 11.4 Å². The summed E-state index contributed by atoms with van der Waals surface area (Å²) in [7, 11) is 0. The van der Waals surface area contributed by atoms with Crippen molar-refractivity contribution in [2.45, 2.75) is 51.3 Å². The number of carbonyl (C=O) groups is 2. The molecule has 0 aromatic heterocycles. The van der Waals surface area contributed by atoms with Crippen molar-refractivity contribution in [2.75, 3.05) is 6.54 Å². The van der Waals surface area contributed by atoms with Gasteiger partial charge in [-0.3, -0.25) is 9.59 Å². The van der Waals surface area contributed by atoms with Gasteiger partial charge in [-0.2, -0.15) is 0 Å². The summed E-state index contributed by atoms with van der Waals surface area (Å²) in [6.07, 6.45) is 1.64. The van der Waals surface area contributed by atoms with E-state index in [9.17, 15) is 14.7 Å². The van der Waals surface area contributed by atoms with E-state index >= 15 is 0 Å². The van der Waals surface area contributed by atoms with Gasteiger partial charge in [0.05, 0.1) is 12.1 Å². The number of nitrogens with one attached hydrogen (secondary N) is 1. The molecule has 124 valence electrons. The number of amides is 2. The molecule has 2 N–H and O–H groups in total. The van der Waals surface area contributed by atoms with E-state index < -0.39 is 12.1 Å². The fourth-order valence-corrected chi connectivity index (χ4v) is 3.26. The van der Waals surface area contributed by atoms with E-state index in [1.54, 1.807) is 11.8 Å². The molecule has 0 saturated heterocycles. The van der Waals surface area contributed by atoms with Gasteiger partial charge in [-0.05, 0) is 44.2 Å². The molecule has 1 fully saturated rings. The molecular weight excluding hydrogens is 292 g/mol. The molecule has 0 spiro atoms. The van der Waals surface area contributed by atoms with Crippen LogP contribution in [0.3, 0.4) is 0 Å². The molecule has 1 saturated carbocycles. The van der Waals surface area contributed by atoms with Crippen LogP contribution in [0.5, 0.6) is 0 Å². The number of hydrogen-bond acceptors (Lipinski definition) is 3. The second kappa shape index (κ2) is 6.32. The van der Waals surface area contributed by atoms with Gasteiger partial charge in [0.1, 0.15) is 6.04 Å². The molecule has 5 heteroatoms. The number of aliphatic hydroxyl groups excluding tert-OH is 1. The number of benzene rings is 1. The van der Waals surface area contributed by atoms with Crippen molar-refractivity contribution in [1.82, 2.24) is 10.2 Å². The molecule has 2 aliphatic rings. The molecule has 2 amide bonds. The van der Waals surface area contributed by atoms with Crippen LogP contribution in [0.15, 0.2) is 24.3 Å². The molecule has 1 aliphatic carbocycles. The van der Waals surface area contributed by atoms with Gasteiger partial charge >= 0.3 is 0 Å². The zero-order chi connectivity index (χ0) is 16.6. The Labute approximate surface area is 136 Å². The van der Waals surface area contributed by atoms with Gasteiger partial charge in [0.25, 0.3) is 0 Å². The lowest BCUT2D eigenvalue weighted by Crippen LogP contribution is -2.55. The van der Waals surface area contributed by atoms with Gasteiger partial charge < -0.3 is 15.3 Å². The Morgan fingerprint density at radius 1 is 1.30 bits per heavy atom. The minimum atomic E-state index is -0.908. The predicted octanol–water partition coefficient (Wildman–Crippen LogP) is 1.41. The monoisotopic (exact) mass is 316 g/mol. The predicted molar refractivity (Wildman–Crippen MR) is 86.6 cm³/mol. The third-order valence-corrected chi connectivity index (χ3v) is 4.87. The lowest BCUT2D eigenvalue weighted by Gasteiger charge is -2.38. The summed E-state index contributed by atoms with van der Waals surface area (Å²) in [5.41, 5.74) is 2.41. The molecule has 1 aromatic carbocycles. The van der Waals surface area contributed by atoms with Gasteiger partial charge in [-0.1, -0.05) is 24.3 Å². The number of rotatable bonds is 4. The Morgan fingerprint density at radius 3 is 2.65 bits per heavy atom. The number of aliphatic hydroxyl groups is 1. The molecule has 23 heavy (non-hydrogen) atoms. The zero-order valence-electron chi connectivity index (χ0n) is 13.7. The Kier molecular flexibility index (Phi) is 4.39. The number of fused-ring (bicyclic) bond motifs is 1. The largest absolute Gasteiger partial charge is 0.391 e. The number of hydrogen-bond donors (Lipinski definition) is 2. The molecule has 1 heterocycles. The quantitative estimate of drug-likeness (QED) is 0.882. The normalized spacial score (nSPS) is 22.9. The van der Waals surface area contributed by atoms with Crippen molar-refractivity contribution in [3.05, 3.63) is 35.4 Å². The summed E-state index contributed by atoms with van der Waals surface area (Å²) in [6.45, 7) is 4.16. The summed E-state index contributed by atoms with van der Waals surface area (Å²) in [5.74, 6) is -0.297. The maximum Gasteiger partial charge on any atom is 0.248 e. The number of carbonyl (C=O) groups excluding carboxylic acids is 2. The Hall–Kier alpha value is -1.88. The molecule has 3 rings (SSSR count). The molecule has 3 atom stereocenters. The van der Waals surface area contributed by atoms with Crippen molar-refractivity contribution in [3.8, 4) is 0 Å². The van der Waals surface area contributed by atoms with E-state index in [0.29, 0.717) is 6.54 Å². The fraction of sp³-hybridized carbons (Fsp3) is 0.556. The highest BCUT2D eigenvalue weighted by Gasteiger charge is 2.38. The van der Waals surface area contributed by atoms with Crippen LogP contribution in [-0.2, 0) is 16.0 Å². The first-order valence-electron chi connectivity index (χ1n) is 8.35. The van der Waals surface area contributed by atoms with Gasteiger partial charge in [-0.15, -0.1) is 0 Å². The Balaban J connectivity index is 1.76. The van der Waals surface area contributed by atoms with Crippen LogP contribution in [0.1, 0.15) is 43.9 Å². The zero-order valence-corrected chi connectivity index (χ0v) is 13.7. The SMILES string of the molecule is CC(O)C(NC(=O)C1CC1)C(=O)N1CCc2ccccc2C1C. The molecule has 3 unspecified atom stereocenters. The molecule has 1 aromatic rings. The van der Waals surface area contributed by atoms with E-state index in [0.717, 1.165) is 24.8 Å². The van der Waals surface area contributed by atoms with Crippen LogP contribution in [0.2, 0.25) is 0 Å². The average molecular weight is 316 g/mol. The third-order valence-electron chi connectivity index (χ3n) is 4.87. The van der Waals surface area contributed by atoms with Crippen molar-refractivity contribution >= 4 is 11.8 Å². The van der Waals surface area contributed by atoms with E-state index in [4.69, 9.17) is 0 Å². The molecule has 5 nitrogen and oxygen atoms in total. The summed E-state index contributed by atoms with van der Waals surface area (Å²) in [5, 5.41) is 12.7. The van der Waals surface area contributed by atoms with Crippen LogP contribution in [0, 0.1) is 5.92 Å². The lowest BCUT2D eigenvalue weighted by molar-refractivity contribution is -0.141. The molecule has 0 bridgehead atoms. The second-order valence-corrected chi connectivity index (χ2v) is 6.66. The van der Waals surface area contributed by atoms with Gasteiger partial charge in [0.2, 0.25) is 11.8 Å². The Morgan fingerprint density at radius 2 is 2.00 bits per heavy atom. The van der Waals surface area contributed by atoms with E-state index in [1.807, 2.05) is 25.1 Å². The standard InChI is InChI=1S/C18H24N2O3/c1-11-15-6-4-3-5-13(15)9-10-20(11)18(23)16(12(2)21)19-17(22)14-7-8-14/h3-6,11-12,14,16,21H,7-10H2,1-2H3,(H,19,22).